The minimum atomic E-state index is -2.33. The summed E-state index contributed by atoms with van der Waals surface area (Å²) in [6.07, 6.45) is -1.18. The number of ether oxygens (including phenoxy) is 1. The smallest absolute Gasteiger partial charge is 0.407 e. The molecule has 2 aromatic rings. The predicted molar refractivity (Wildman–Crippen MR) is 97.8 cm³/mol. The second kappa shape index (κ2) is 7.84. The number of hydrogen-bond acceptors (Lipinski definition) is 5. The summed E-state index contributed by atoms with van der Waals surface area (Å²) >= 11 is 5.75. The molecule has 0 aliphatic carbocycles. The van der Waals surface area contributed by atoms with Gasteiger partial charge in [-0.25, -0.2) is 9.18 Å². The van der Waals surface area contributed by atoms with E-state index in [2.05, 4.69) is 5.32 Å². The van der Waals surface area contributed by atoms with Gasteiger partial charge in [-0.15, -0.1) is 0 Å². The van der Waals surface area contributed by atoms with E-state index in [-0.39, 0.29) is 24.5 Å². The zero-order valence-electron chi connectivity index (χ0n) is 14.5. The van der Waals surface area contributed by atoms with Crippen molar-refractivity contribution in [3.8, 4) is 6.07 Å². The number of carbonyl (C=O) groups is 2. The predicted octanol–water partition coefficient (Wildman–Crippen LogP) is 2.70. The first-order chi connectivity index (χ1) is 13.3. The van der Waals surface area contributed by atoms with Crippen LogP contribution in [0.3, 0.4) is 0 Å². The Morgan fingerprint density at radius 1 is 1.39 bits per heavy atom. The minimum Gasteiger partial charge on any atom is -0.407 e. The van der Waals surface area contributed by atoms with Crippen LogP contribution >= 0.6 is 11.6 Å². The number of carbonyl (C=O) groups excluding carboxylic acids is 2. The molecule has 1 heterocycles. The molecule has 28 heavy (non-hydrogen) atoms. The van der Waals surface area contributed by atoms with Crippen molar-refractivity contribution < 1.29 is 23.8 Å². The van der Waals surface area contributed by atoms with E-state index in [1.54, 1.807) is 18.2 Å². The van der Waals surface area contributed by atoms with Crippen molar-refractivity contribution in [3.05, 3.63) is 64.4 Å². The monoisotopic (exact) mass is 403 g/mol. The number of rotatable bonds is 4. The lowest BCUT2D eigenvalue weighted by molar-refractivity contribution is -0.175. The molecule has 0 radical (unpaired) electrons. The lowest BCUT2D eigenvalue weighted by Crippen LogP contribution is -2.46. The molecule has 1 aliphatic heterocycles. The van der Waals surface area contributed by atoms with E-state index in [1.165, 1.54) is 23.1 Å². The fourth-order valence-corrected chi connectivity index (χ4v) is 3.09. The van der Waals surface area contributed by atoms with Crippen LogP contribution in [-0.4, -0.2) is 29.4 Å². The molecular weight excluding hydrogens is 389 g/mol. The molecule has 144 valence electrons. The van der Waals surface area contributed by atoms with Gasteiger partial charge >= 0.3 is 6.09 Å². The van der Waals surface area contributed by atoms with Gasteiger partial charge in [-0.3, -0.25) is 4.79 Å². The van der Waals surface area contributed by atoms with Crippen molar-refractivity contribution in [1.82, 2.24) is 5.32 Å². The Morgan fingerprint density at radius 2 is 2.18 bits per heavy atom. The highest BCUT2D eigenvalue weighted by molar-refractivity contribution is 6.30. The van der Waals surface area contributed by atoms with E-state index in [4.69, 9.17) is 21.6 Å². The average Bonchev–Trinajstić information content (AvgIpc) is 2.94. The largest absolute Gasteiger partial charge is 0.410 e. The molecule has 3 rings (SSSR count). The van der Waals surface area contributed by atoms with Gasteiger partial charge in [0.1, 0.15) is 5.82 Å². The summed E-state index contributed by atoms with van der Waals surface area (Å²) < 4.78 is 18.2. The maximum absolute atomic E-state index is 13.3. The fourth-order valence-electron chi connectivity index (χ4n) is 2.84. The Kier molecular flexibility index (Phi) is 5.49. The van der Waals surface area contributed by atoms with E-state index in [9.17, 15) is 19.1 Å². The topological polar surface area (TPSA) is 103 Å². The number of nitriles is 1. The molecule has 1 fully saturated rings. The Balaban J connectivity index is 1.64. The highest BCUT2D eigenvalue weighted by Crippen LogP contribution is 2.29. The van der Waals surface area contributed by atoms with E-state index in [1.807, 2.05) is 6.07 Å². The molecule has 7 nitrogen and oxygen atoms in total. The SMILES string of the molecule is N#Cc1cccc(N2CCC(O)(OC(=O)NCc3cc(F)cc(Cl)c3)C2=O)c1. The number of nitrogens with zero attached hydrogens (tertiary/aromatic N) is 2. The summed E-state index contributed by atoms with van der Waals surface area (Å²) in [5.74, 6) is -3.70. The van der Waals surface area contributed by atoms with Crippen LogP contribution in [0.2, 0.25) is 5.02 Å². The third kappa shape index (κ3) is 4.22. The third-order valence-electron chi connectivity index (χ3n) is 4.16. The number of amides is 2. The Bertz CT molecular complexity index is 958. The van der Waals surface area contributed by atoms with Crippen LogP contribution in [0.5, 0.6) is 0 Å². The van der Waals surface area contributed by atoms with Gasteiger partial charge in [-0.1, -0.05) is 17.7 Å². The second-order valence-corrected chi connectivity index (χ2v) is 6.61. The Morgan fingerprint density at radius 3 is 2.89 bits per heavy atom. The summed E-state index contributed by atoms with van der Waals surface area (Å²) in [4.78, 5) is 25.8. The fraction of sp³-hybridized carbons (Fsp3) is 0.211. The average molecular weight is 404 g/mol. The van der Waals surface area contributed by atoms with Crippen molar-refractivity contribution in [2.24, 2.45) is 0 Å². The maximum Gasteiger partial charge on any atom is 0.410 e. The summed E-state index contributed by atoms with van der Waals surface area (Å²) in [7, 11) is 0. The van der Waals surface area contributed by atoms with Crippen molar-refractivity contribution in [2.75, 3.05) is 11.4 Å². The van der Waals surface area contributed by atoms with Crippen molar-refractivity contribution in [1.29, 1.82) is 5.26 Å². The molecule has 2 N–H and O–H groups in total. The Labute approximate surface area is 164 Å². The first kappa shape index (κ1) is 19.6. The van der Waals surface area contributed by atoms with Crippen LogP contribution in [0.4, 0.5) is 14.9 Å². The first-order valence-corrected chi connectivity index (χ1v) is 8.65. The highest BCUT2D eigenvalue weighted by Gasteiger charge is 2.49. The lowest BCUT2D eigenvalue weighted by atomic mass is 10.2. The molecule has 1 unspecified atom stereocenters. The summed E-state index contributed by atoms with van der Waals surface area (Å²) in [5.41, 5.74) is 1.16. The summed E-state index contributed by atoms with van der Waals surface area (Å²) in [6, 6.07) is 12.0. The van der Waals surface area contributed by atoms with Gasteiger partial charge in [-0.2, -0.15) is 5.26 Å². The number of halogens is 2. The maximum atomic E-state index is 13.3. The number of alkyl carbamates (subject to hydrolysis) is 1. The normalized spacial score (nSPS) is 18.6. The molecule has 1 atom stereocenters. The van der Waals surface area contributed by atoms with Gasteiger partial charge in [0.25, 0.3) is 11.7 Å². The molecule has 0 saturated carbocycles. The minimum absolute atomic E-state index is 0.103. The van der Waals surface area contributed by atoms with Gasteiger partial charge in [0.05, 0.1) is 11.6 Å². The van der Waals surface area contributed by atoms with Gasteiger partial charge < -0.3 is 20.1 Å². The second-order valence-electron chi connectivity index (χ2n) is 6.17. The quantitative estimate of drug-likeness (QED) is 0.764. The number of hydrogen-bond donors (Lipinski definition) is 2. The van der Waals surface area contributed by atoms with E-state index < -0.39 is 23.6 Å². The van der Waals surface area contributed by atoms with E-state index in [0.717, 1.165) is 6.07 Å². The zero-order valence-corrected chi connectivity index (χ0v) is 15.2. The number of anilines is 1. The van der Waals surface area contributed by atoms with Gasteiger partial charge in [0, 0.05) is 30.2 Å². The molecule has 1 aliphatic rings. The van der Waals surface area contributed by atoms with Crippen LogP contribution in [0, 0.1) is 17.1 Å². The Hall–Kier alpha value is -3.15. The van der Waals surface area contributed by atoms with Gasteiger partial charge in [0.15, 0.2) is 0 Å². The molecule has 0 spiro atoms. The standard InChI is InChI=1S/C19H15ClFN3O4/c20-14-6-13(7-15(21)9-14)11-23-18(26)28-19(27)4-5-24(17(19)25)16-3-1-2-12(8-16)10-22/h1-3,6-9,27H,4-5,11H2,(H,23,26). The molecule has 1 saturated heterocycles. The third-order valence-corrected chi connectivity index (χ3v) is 4.38. The van der Waals surface area contributed by atoms with Gasteiger partial charge in [0.2, 0.25) is 0 Å². The number of benzene rings is 2. The zero-order chi connectivity index (χ0) is 20.3. The van der Waals surface area contributed by atoms with Crippen LogP contribution in [0.25, 0.3) is 0 Å². The van der Waals surface area contributed by atoms with Crippen LogP contribution in [0.15, 0.2) is 42.5 Å². The molecule has 0 aromatic heterocycles. The molecule has 9 heteroatoms. The molecule has 0 bridgehead atoms. The van der Waals surface area contributed by atoms with Crippen molar-refractivity contribution in [2.45, 2.75) is 18.8 Å². The summed E-state index contributed by atoms with van der Waals surface area (Å²) in [6.45, 7) is 0.00547. The van der Waals surface area contributed by atoms with E-state index in [0.29, 0.717) is 16.8 Å². The van der Waals surface area contributed by atoms with E-state index >= 15 is 0 Å². The van der Waals surface area contributed by atoms with Crippen molar-refractivity contribution >= 4 is 29.3 Å². The molecular formula is C19H15ClFN3O4. The number of aliphatic hydroxyl groups is 1. The molecule has 2 amide bonds. The highest BCUT2D eigenvalue weighted by atomic mass is 35.5. The van der Waals surface area contributed by atoms with Crippen LogP contribution < -0.4 is 10.2 Å². The van der Waals surface area contributed by atoms with Crippen LogP contribution in [0.1, 0.15) is 17.5 Å². The van der Waals surface area contributed by atoms with Gasteiger partial charge in [-0.05, 0) is 42.0 Å². The number of nitrogens with one attached hydrogen (secondary N) is 1. The van der Waals surface area contributed by atoms with Crippen LogP contribution in [-0.2, 0) is 16.1 Å². The molecule has 2 aromatic carbocycles. The van der Waals surface area contributed by atoms with Crippen molar-refractivity contribution in [3.63, 3.8) is 0 Å². The lowest BCUT2D eigenvalue weighted by Gasteiger charge is -2.22. The first-order valence-electron chi connectivity index (χ1n) is 8.27. The summed E-state index contributed by atoms with van der Waals surface area (Å²) in [5, 5.41) is 21.9.